The molecule has 0 amide bonds. The van der Waals surface area contributed by atoms with E-state index in [1.54, 1.807) is 0 Å². The number of carbonyl (C=O) groups is 4. The third kappa shape index (κ3) is 82.1. The third-order valence-corrected chi connectivity index (χ3v) is 22.9. The first-order valence-corrected chi connectivity index (χ1v) is 49.0. The number of phosphoric acid groups is 2. The normalized spacial score (nSPS) is 13.8. The van der Waals surface area contributed by atoms with Crippen LogP contribution in [0.25, 0.3) is 0 Å². The van der Waals surface area contributed by atoms with Crippen LogP contribution >= 0.6 is 15.6 Å². The van der Waals surface area contributed by atoms with E-state index in [-0.39, 0.29) is 25.7 Å². The number of aliphatic hydroxyl groups excluding tert-OH is 1. The first-order valence-electron chi connectivity index (χ1n) is 46.0. The molecule has 5 atom stereocenters. The van der Waals surface area contributed by atoms with Crippen LogP contribution in [0.15, 0.2) is 0 Å². The Morgan fingerprint density at radius 3 is 0.630 bits per heavy atom. The third-order valence-electron chi connectivity index (χ3n) is 21.0. The fourth-order valence-electron chi connectivity index (χ4n) is 14.0. The Hall–Kier alpha value is -1.94. The van der Waals surface area contributed by atoms with Crippen molar-refractivity contribution < 1.29 is 80.2 Å². The lowest BCUT2D eigenvalue weighted by molar-refractivity contribution is -0.161. The Bertz CT molecular complexity index is 2060. The van der Waals surface area contributed by atoms with Crippen molar-refractivity contribution in [2.45, 2.75) is 496 Å². The zero-order valence-corrected chi connectivity index (χ0v) is 73.0. The van der Waals surface area contributed by atoms with Crippen molar-refractivity contribution in [3.8, 4) is 0 Å². The number of rotatable bonds is 88. The SMILES string of the molecule is CCCCCCCCCCCCCCCCCCCCCCCCC(=O)O[C@H](COC(=O)CCCCCCCCCCCCCCCCCCCCC)COP(=O)(O)OC[C@@H](O)COP(=O)(O)OC[C@@H](COC(=O)CCCCCCCCCCC(C)C)OC(=O)CCCCCCCCCCCCCCCC(C)C. The smallest absolute Gasteiger partial charge is 0.462 e. The van der Waals surface area contributed by atoms with Crippen LogP contribution < -0.4 is 0 Å². The molecule has 0 radical (unpaired) electrons. The molecule has 0 fully saturated rings. The molecular formula is C89H174O17P2. The van der Waals surface area contributed by atoms with Crippen molar-refractivity contribution >= 4 is 39.5 Å². The van der Waals surface area contributed by atoms with Crippen LogP contribution in [0.2, 0.25) is 0 Å². The van der Waals surface area contributed by atoms with Gasteiger partial charge in [-0.3, -0.25) is 37.3 Å². The molecule has 0 saturated heterocycles. The highest BCUT2D eigenvalue weighted by Gasteiger charge is 2.31. The summed E-state index contributed by atoms with van der Waals surface area (Å²) in [5.41, 5.74) is 0. The summed E-state index contributed by atoms with van der Waals surface area (Å²) >= 11 is 0. The average molecular weight is 1580 g/mol. The predicted molar refractivity (Wildman–Crippen MR) is 446 cm³/mol. The van der Waals surface area contributed by atoms with Gasteiger partial charge >= 0.3 is 39.5 Å². The largest absolute Gasteiger partial charge is 0.472 e. The zero-order valence-electron chi connectivity index (χ0n) is 71.2. The highest BCUT2D eigenvalue weighted by molar-refractivity contribution is 7.47. The first-order chi connectivity index (χ1) is 52.4. The predicted octanol–water partition coefficient (Wildman–Crippen LogP) is 27.4. The average Bonchev–Trinajstić information content (AvgIpc) is 0.899. The van der Waals surface area contributed by atoms with Gasteiger partial charge in [0.1, 0.15) is 19.3 Å². The van der Waals surface area contributed by atoms with E-state index in [0.717, 1.165) is 102 Å². The Morgan fingerprint density at radius 1 is 0.250 bits per heavy atom. The molecule has 0 rings (SSSR count). The minimum absolute atomic E-state index is 0.107. The summed E-state index contributed by atoms with van der Waals surface area (Å²) in [5.74, 6) is -0.587. The number of unbranched alkanes of at least 4 members (excludes halogenated alkanes) is 58. The fourth-order valence-corrected chi connectivity index (χ4v) is 15.5. The van der Waals surface area contributed by atoms with Crippen LogP contribution in [0, 0.1) is 11.8 Å². The maximum atomic E-state index is 13.2. The number of carbonyl (C=O) groups excluding carboxylic acids is 4. The Labute approximate surface area is 664 Å². The van der Waals surface area contributed by atoms with Gasteiger partial charge in [-0.05, 0) is 37.5 Å². The van der Waals surface area contributed by atoms with Gasteiger partial charge in [0.2, 0.25) is 0 Å². The van der Waals surface area contributed by atoms with Gasteiger partial charge in [-0.15, -0.1) is 0 Å². The van der Waals surface area contributed by atoms with Gasteiger partial charge < -0.3 is 33.8 Å². The quantitative estimate of drug-likeness (QED) is 0.0222. The van der Waals surface area contributed by atoms with Crippen LogP contribution in [-0.4, -0.2) is 96.7 Å². The molecule has 0 aromatic rings. The number of hydrogen-bond acceptors (Lipinski definition) is 15. The van der Waals surface area contributed by atoms with Crippen molar-refractivity contribution in [3.63, 3.8) is 0 Å². The molecule has 3 N–H and O–H groups in total. The summed E-state index contributed by atoms with van der Waals surface area (Å²) in [6.07, 6.45) is 73.8. The van der Waals surface area contributed by atoms with Gasteiger partial charge in [-0.1, -0.05) is 427 Å². The minimum Gasteiger partial charge on any atom is -0.462 e. The second kappa shape index (κ2) is 80.3. The van der Waals surface area contributed by atoms with E-state index in [2.05, 4.69) is 41.5 Å². The van der Waals surface area contributed by atoms with E-state index >= 15 is 0 Å². The van der Waals surface area contributed by atoms with Crippen LogP contribution in [0.3, 0.4) is 0 Å². The van der Waals surface area contributed by atoms with Gasteiger partial charge in [0.25, 0.3) is 0 Å². The highest BCUT2D eigenvalue weighted by atomic mass is 31.2. The van der Waals surface area contributed by atoms with E-state index in [0.29, 0.717) is 25.7 Å². The van der Waals surface area contributed by atoms with Crippen molar-refractivity contribution in [1.82, 2.24) is 0 Å². The van der Waals surface area contributed by atoms with Gasteiger partial charge in [0, 0.05) is 25.7 Å². The molecule has 0 aliphatic heterocycles. The van der Waals surface area contributed by atoms with Crippen LogP contribution in [-0.2, 0) is 65.4 Å². The first kappa shape index (κ1) is 106. The molecule has 0 saturated carbocycles. The molecule has 108 heavy (non-hydrogen) atoms. The summed E-state index contributed by atoms with van der Waals surface area (Å²) in [5, 5.41) is 10.7. The topological polar surface area (TPSA) is 237 Å². The van der Waals surface area contributed by atoms with Crippen LogP contribution in [0.1, 0.15) is 478 Å². The number of phosphoric ester groups is 2. The van der Waals surface area contributed by atoms with Gasteiger partial charge in [-0.2, -0.15) is 0 Å². The number of esters is 4. The molecule has 0 bridgehead atoms. The summed E-state index contributed by atoms with van der Waals surface area (Å²) in [4.78, 5) is 73.3. The van der Waals surface area contributed by atoms with Gasteiger partial charge in [0.05, 0.1) is 26.4 Å². The maximum Gasteiger partial charge on any atom is 0.472 e. The monoisotopic (exact) mass is 1580 g/mol. The van der Waals surface area contributed by atoms with Crippen LogP contribution in [0.5, 0.6) is 0 Å². The van der Waals surface area contributed by atoms with E-state index in [1.807, 2.05) is 0 Å². The summed E-state index contributed by atoms with van der Waals surface area (Å²) in [6.45, 7) is 9.67. The molecule has 642 valence electrons. The second-order valence-corrected chi connectivity index (χ2v) is 35.8. The molecule has 0 aromatic carbocycles. The van der Waals surface area contributed by atoms with E-state index in [9.17, 15) is 43.2 Å². The summed E-state index contributed by atoms with van der Waals surface area (Å²) in [6, 6.07) is 0. The second-order valence-electron chi connectivity index (χ2n) is 32.9. The minimum atomic E-state index is -4.97. The van der Waals surface area contributed by atoms with Crippen molar-refractivity contribution in [2.24, 2.45) is 11.8 Å². The number of hydrogen-bond donors (Lipinski definition) is 3. The number of aliphatic hydroxyl groups is 1. The van der Waals surface area contributed by atoms with E-state index in [4.69, 9.17) is 37.0 Å². The van der Waals surface area contributed by atoms with Gasteiger partial charge in [-0.25, -0.2) is 9.13 Å². The summed E-state index contributed by atoms with van der Waals surface area (Å²) in [7, 11) is -9.93. The zero-order chi connectivity index (χ0) is 79.2. The molecule has 0 aromatic heterocycles. The lowest BCUT2D eigenvalue weighted by Gasteiger charge is -2.21. The lowest BCUT2D eigenvalue weighted by atomic mass is 10.0. The lowest BCUT2D eigenvalue weighted by Crippen LogP contribution is -2.30. The van der Waals surface area contributed by atoms with Crippen molar-refractivity contribution in [3.05, 3.63) is 0 Å². The molecule has 17 nitrogen and oxygen atoms in total. The highest BCUT2D eigenvalue weighted by Crippen LogP contribution is 2.45. The van der Waals surface area contributed by atoms with Crippen LogP contribution in [0.4, 0.5) is 0 Å². The Kier molecular flexibility index (Phi) is 78.8. The Balaban J connectivity index is 5.23. The van der Waals surface area contributed by atoms with E-state index in [1.165, 1.54) is 295 Å². The maximum absolute atomic E-state index is 13.2. The molecular weight excluding hydrogens is 1400 g/mol. The molecule has 0 heterocycles. The summed E-state index contributed by atoms with van der Waals surface area (Å²) < 4.78 is 69.0. The molecule has 0 spiro atoms. The number of ether oxygens (including phenoxy) is 4. The van der Waals surface area contributed by atoms with Crippen molar-refractivity contribution in [1.29, 1.82) is 0 Å². The molecule has 2 unspecified atom stereocenters. The van der Waals surface area contributed by atoms with E-state index < -0.39 is 97.5 Å². The molecule has 0 aliphatic carbocycles. The fraction of sp³-hybridized carbons (Fsp3) is 0.955. The van der Waals surface area contributed by atoms with Gasteiger partial charge in [0.15, 0.2) is 12.2 Å². The molecule has 0 aliphatic rings. The standard InChI is InChI=1S/C89H174O17P2/c1-7-9-11-13-15-17-19-21-23-25-27-28-29-31-33-35-39-43-47-55-61-67-73-88(93)105-84(77-99-86(91)71-65-59-53-46-42-38-34-32-30-26-24-22-20-18-16-14-12-10-8-2)79-103-107(95,96)101-75-83(90)76-102-108(97,98)104-80-85(78-100-87(92)72-66-60-54-50-49-52-58-64-70-82(5)6)106-89(94)74-68-62-56-48-44-40-36-37-41-45-51-57-63-69-81(3)4/h81-85,90H,7-80H2,1-6H3,(H,95,96)(H,97,98)/t83-,84-,85-/m1/s1. The Morgan fingerprint density at radius 2 is 0.426 bits per heavy atom. The van der Waals surface area contributed by atoms with Crippen molar-refractivity contribution in [2.75, 3.05) is 39.6 Å². The molecule has 19 heteroatoms.